The standard InChI is InChI=1S/C6H5ClN2O2/c7-3-1-2-9-5(8)4(3)6(10)11/h1-2H,(H2,8,9)(H,10,11)/p-1. The van der Waals surface area contributed by atoms with Crippen LogP contribution < -0.4 is 10.8 Å². The monoisotopic (exact) mass is 171 g/mol. The number of carbonyl (C=O) groups excluding carboxylic acids is 1. The van der Waals surface area contributed by atoms with E-state index in [0.717, 1.165) is 0 Å². The summed E-state index contributed by atoms with van der Waals surface area (Å²) in [6.07, 6.45) is 1.32. The number of nitrogens with two attached hydrogens (primary N) is 1. The summed E-state index contributed by atoms with van der Waals surface area (Å²) in [5.74, 6) is -1.54. The Morgan fingerprint density at radius 3 is 2.73 bits per heavy atom. The molecule has 11 heavy (non-hydrogen) atoms. The topological polar surface area (TPSA) is 79.0 Å². The lowest BCUT2D eigenvalue weighted by atomic mass is 10.2. The van der Waals surface area contributed by atoms with Crippen LogP contribution in [0, 0.1) is 0 Å². The van der Waals surface area contributed by atoms with Crippen LogP contribution >= 0.6 is 11.6 Å². The van der Waals surface area contributed by atoms with Gasteiger partial charge in [-0.2, -0.15) is 0 Å². The molecule has 0 unspecified atom stereocenters. The first-order valence-corrected chi connectivity index (χ1v) is 3.12. The fourth-order valence-electron chi connectivity index (χ4n) is 0.655. The molecule has 0 amide bonds. The van der Waals surface area contributed by atoms with E-state index in [-0.39, 0.29) is 16.4 Å². The summed E-state index contributed by atoms with van der Waals surface area (Å²) in [7, 11) is 0. The number of nitrogens with zero attached hydrogens (tertiary/aromatic N) is 1. The van der Waals surface area contributed by atoms with E-state index >= 15 is 0 Å². The molecule has 2 N–H and O–H groups in total. The number of rotatable bonds is 1. The van der Waals surface area contributed by atoms with Gasteiger partial charge in [0.1, 0.15) is 5.82 Å². The molecule has 1 rings (SSSR count). The van der Waals surface area contributed by atoms with Gasteiger partial charge in [0.2, 0.25) is 0 Å². The number of halogens is 1. The Hall–Kier alpha value is -1.29. The van der Waals surface area contributed by atoms with E-state index in [2.05, 4.69) is 4.98 Å². The number of aromatic nitrogens is 1. The van der Waals surface area contributed by atoms with E-state index < -0.39 is 5.97 Å². The molecule has 0 atom stereocenters. The predicted octanol–water partition coefficient (Wildman–Crippen LogP) is -0.319. The quantitative estimate of drug-likeness (QED) is 0.628. The van der Waals surface area contributed by atoms with Crippen molar-refractivity contribution in [3.05, 3.63) is 22.8 Å². The number of pyridine rings is 1. The van der Waals surface area contributed by atoms with E-state index in [0.29, 0.717) is 0 Å². The van der Waals surface area contributed by atoms with E-state index in [1.807, 2.05) is 0 Å². The van der Waals surface area contributed by atoms with Crippen LogP contribution in [0.15, 0.2) is 12.3 Å². The van der Waals surface area contributed by atoms with Gasteiger partial charge >= 0.3 is 0 Å². The van der Waals surface area contributed by atoms with Gasteiger partial charge in [0.15, 0.2) is 0 Å². The summed E-state index contributed by atoms with van der Waals surface area (Å²) in [6, 6.07) is 1.34. The van der Waals surface area contributed by atoms with Crippen LogP contribution in [-0.4, -0.2) is 11.0 Å². The fourth-order valence-corrected chi connectivity index (χ4v) is 0.886. The van der Waals surface area contributed by atoms with Gasteiger partial charge in [-0.15, -0.1) is 0 Å². The smallest absolute Gasteiger partial charge is 0.133 e. The molecule has 1 heterocycles. The van der Waals surface area contributed by atoms with Crippen molar-refractivity contribution >= 4 is 23.4 Å². The second-order valence-corrected chi connectivity index (χ2v) is 2.25. The zero-order valence-electron chi connectivity index (χ0n) is 5.37. The number of carboxylic acids is 1. The van der Waals surface area contributed by atoms with Crippen molar-refractivity contribution in [2.75, 3.05) is 5.73 Å². The van der Waals surface area contributed by atoms with Crippen LogP contribution in [-0.2, 0) is 0 Å². The molecule has 0 aliphatic carbocycles. The van der Waals surface area contributed by atoms with Crippen LogP contribution in [0.25, 0.3) is 0 Å². The molecule has 0 aliphatic rings. The Kier molecular flexibility index (Phi) is 1.96. The summed E-state index contributed by atoms with van der Waals surface area (Å²) in [5.41, 5.74) is 4.95. The number of hydrogen-bond donors (Lipinski definition) is 1. The number of carbonyl (C=O) groups is 1. The Balaban J connectivity index is 3.32. The molecule has 1 aromatic heterocycles. The molecule has 1 aromatic rings. The molecule has 0 bridgehead atoms. The van der Waals surface area contributed by atoms with Gasteiger partial charge in [0, 0.05) is 6.20 Å². The SMILES string of the molecule is Nc1nccc(Cl)c1C(=O)[O-]. The highest BCUT2D eigenvalue weighted by Crippen LogP contribution is 2.17. The average Bonchev–Trinajstić information content (AvgIpc) is 1.85. The average molecular weight is 172 g/mol. The van der Waals surface area contributed by atoms with Crippen LogP contribution in [0.1, 0.15) is 10.4 Å². The van der Waals surface area contributed by atoms with Crippen molar-refractivity contribution in [1.82, 2.24) is 4.98 Å². The summed E-state index contributed by atoms with van der Waals surface area (Å²) >= 11 is 5.48. The molecule has 0 saturated carbocycles. The molecular formula is C6H4ClN2O2-. The summed E-state index contributed by atoms with van der Waals surface area (Å²) in [5, 5.41) is 10.4. The molecule has 0 radical (unpaired) electrons. The summed E-state index contributed by atoms with van der Waals surface area (Å²) in [4.78, 5) is 13.9. The first-order chi connectivity index (χ1) is 5.13. The number of aromatic carboxylic acids is 1. The minimum Gasteiger partial charge on any atom is -0.545 e. The van der Waals surface area contributed by atoms with Gasteiger partial charge < -0.3 is 15.6 Å². The van der Waals surface area contributed by atoms with Gasteiger partial charge in [-0.1, -0.05) is 11.6 Å². The molecule has 0 aromatic carbocycles. The highest BCUT2D eigenvalue weighted by Gasteiger charge is 2.05. The third kappa shape index (κ3) is 1.40. The van der Waals surface area contributed by atoms with E-state index in [9.17, 15) is 9.90 Å². The van der Waals surface area contributed by atoms with Crippen molar-refractivity contribution in [2.24, 2.45) is 0 Å². The number of hydrogen-bond acceptors (Lipinski definition) is 4. The largest absolute Gasteiger partial charge is 0.545 e. The highest BCUT2D eigenvalue weighted by atomic mass is 35.5. The number of nitrogen functional groups attached to an aromatic ring is 1. The minimum absolute atomic E-state index is 0.0394. The molecule has 4 nitrogen and oxygen atoms in total. The zero-order chi connectivity index (χ0) is 8.43. The second-order valence-electron chi connectivity index (χ2n) is 1.84. The lowest BCUT2D eigenvalue weighted by Gasteiger charge is -2.06. The Bertz CT molecular complexity index is 280. The minimum atomic E-state index is -1.42. The maximum atomic E-state index is 10.3. The molecule has 5 heteroatoms. The van der Waals surface area contributed by atoms with Crippen LogP contribution in [0.5, 0.6) is 0 Å². The Labute approximate surface area is 67.6 Å². The molecule has 0 aliphatic heterocycles. The van der Waals surface area contributed by atoms with Crippen LogP contribution in [0.2, 0.25) is 5.02 Å². The maximum absolute atomic E-state index is 10.3. The maximum Gasteiger partial charge on any atom is 0.133 e. The van der Waals surface area contributed by atoms with Gasteiger partial charge in [0.25, 0.3) is 0 Å². The van der Waals surface area contributed by atoms with Gasteiger partial charge in [-0.05, 0) is 6.07 Å². The second kappa shape index (κ2) is 2.75. The van der Waals surface area contributed by atoms with Crippen molar-refractivity contribution < 1.29 is 9.90 Å². The normalized spacial score (nSPS) is 9.55. The molecule has 0 saturated heterocycles. The third-order valence-corrected chi connectivity index (χ3v) is 1.45. The van der Waals surface area contributed by atoms with Crippen molar-refractivity contribution in [3.8, 4) is 0 Å². The predicted molar refractivity (Wildman–Crippen MR) is 38.0 cm³/mol. The van der Waals surface area contributed by atoms with Crippen LogP contribution in [0.3, 0.4) is 0 Å². The zero-order valence-corrected chi connectivity index (χ0v) is 6.13. The lowest BCUT2D eigenvalue weighted by Crippen LogP contribution is -2.24. The molecule has 58 valence electrons. The molecular weight excluding hydrogens is 168 g/mol. The Morgan fingerprint density at radius 2 is 2.36 bits per heavy atom. The highest BCUT2D eigenvalue weighted by molar-refractivity contribution is 6.33. The van der Waals surface area contributed by atoms with Crippen LogP contribution in [0.4, 0.5) is 5.82 Å². The van der Waals surface area contributed by atoms with Gasteiger partial charge in [-0.3, -0.25) is 0 Å². The van der Waals surface area contributed by atoms with Gasteiger partial charge in [-0.25, -0.2) is 4.98 Å². The summed E-state index contributed by atoms with van der Waals surface area (Å²) < 4.78 is 0. The number of carboxylic acid groups (broad SMARTS) is 1. The first kappa shape index (κ1) is 7.81. The van der Waals surface area contributed by atoms with Crippen molar-refractivity contribution in [2.45, 2.75) is 0 Å². The molecule has 0 fully saturated rings. The molecule has 0 spiro atoms. The summed E-state index contributed by atoms with van der Waals surface area (Å²) in [6.45, 7) is 0. The number of anilines is 1. The van der Waals surface area contributed by atoms with Gasteiger partial charge in [0.05, 0.1) is 16.6 Å². The Morgan fingerprint density at radius 1 is 1.73 bits per heavy atom. The third-order valence-electron chi connectivity index (χ3n) is 1.13. The first-order valence-electron chi connectivity index (χ1n) is 2.74. The van der Waals surface area contributed by atoms with Crippen molar-refractivity contribution in [3.63, 3.8) is 0 Å². The lowest BCUT2D eigenvalue weighted by molar-refractivity contribution is -0.254. The van der Waals surface area contributed by atoms with E-state index in [1.165, 1.54) is 12.3 Å². The fraction of sp³-hybridized carbons (Fsp3) is 0. The van der Waals surface area contributed by atoms with E-state index in [4.69, 9.17) is 17.3 Å². The van der Waals surface area contributed by atoms with E-state index in [1.54, 1.807) is 0 Å². The van der Waals surface area contributed by atoms with Crippen molar-refractivity contribution in [1.29, 1.82) is 0 Å².